The van der Waals surface area contributed by atoms with Crippen LogP contribution in [0, 0.1) is 18.6 Å². The molecule has 0 saturated heterocycles. The zero-order valence-electron chi connectivity index (χ0n) is 16.4. The van der Waals surface area contributed by atoms with Gasteiger partial charge >= 0.3 is 0 Å². The van der Waals surface area contributed by atoms with Crippen LogP contribution in [0.2, 0.25) is 0 Å². The molecule has 3 heterocycles. The number of pyridine rings is 1. The lowest BCUT2D eigenvalue weighted by Crippen LogP contribution is -2.20. The number of aryl methyl sites for hydroxylation is 2. The highest BCUT2D eigenvalue weighted by atomic mass is 19.3. The highest BCUT2D eigenvalue weighted by Gasteiger charge is 2.22. The number of benzene rings is 1. The molecule has 1 N–H and O–H groups in total. The molecular formula is C20H16F4N6O. The van der Waals surface area contributed by atoms with E-state index in [1.807, 2.05) is 0 Å². The average molecular weight is 432 g/mol. The number of carbonyl (C=O) groups excluding carboxylic acids is 1. The molecule has 0 bridgehead atoms. The minimum Gasteiger partial charge on any atom is -0.322 e. The molecule has 0 spiro atoms. The Kier molecular flexibility index (Phi) is 5.17. The van der Waals surface area contributed by atoms with Crippen LogP contribution in [0.5, 0.6) is 0 Å². The van der Waals surface area contributed by atoms with E-state index in [9.17, 15) is 22.4 Å². The van der Waals surface area contributed by atoms with Crippen LogP contribution in [-0.2, 0) is 18.4 Å². The van der Waals surface area contributed by atoms with Gasteiger partial charge in [0.2, 0.25) is 5.91 Å². The van der Waals surface area contributed by atoms with E-state index in [4.69, 9.17) is 0 Å². The second-order valence-corrected chi connectivity index (χ2v) is 6.91. The van der Waals surface area contributed by atoms with Crippen molar-refractivity contribution in [3.63, 3.8) is 0 Å². The van der Waals surface area contributed by atoms with Crippen LogP contribution in [0.25, 0.3) is 22.3 Å². The maximum absolute atomic E-state index is 13.8. The Morgan fingerprint density at radius 2 is 2.00 bits per heavy atom. The fraction of sp³-hybridized carbons (Fsp3) is 0.200. The number of nitrogens with zero attached hydrogens (tertiary/aromatic N) is 5. The van der Waals surface area contributed by atoms with Gasteiger partial charge < -0.3 is 5.32 Å². The van der Waals surface area contributed by atoms with Crippen molar-refractivity contribution in [1.82, 2.24) is 24.5 Å². The first kappa shape index (κ1) is 20.5. The van der Waals surface area contributed by atoms with Crippen LogP contribution < -0.4 is 5.32 Å². The first-order chi connectivity index (χ1) is 14.7. The molecule has 3 aromatic heterocycles. The topological polar surface area (TPSA) is 77.6 Å². The molecule has 0 unspecified atom stereocenters. The molecule has 0 radical (unpaired) electrons. The van der Waals surface area contributed by atoms with Gasteiger partial charge in [-0.05, 0) is 25.1 Å². The first-order valence-corrected chi connectivity index (χ1v) is 9.13. The summed E-state index contributed by atoms with van der Waals surface area (Å²) in [5.74, 6) is -2.25. The van der Waals surface area contributed by atoms with Crippen molar-refractivity contribution in [2.75, 3.05) is 5.32 Å². The SMILES string of the molecule is Cc1nn(CC(=O)Nc2cc(F)ccc2F)c2nc(-c3cnn(C)c3)cc(C(F)F)c12. The summed E-state index contributed by atoms with van der Waals surface area (Å²) in [7, 11) is 1.68. The van der Waals surface area contributed by atoms with Gasteiger partial charge in [-0.1, -0.05) is 0 Å². The van der Waals surface area contributed by atoms with Crippen LogP contribution in [-0.4, -0.2) is 30.5 Å². The van der Waals surface area contributed by atoms with E-state index in [2.05, 4.69) is 20.5 Å². The number of carbonyl (C=O) groups is 1. The maximum Gasteiger partial charge on any atom is 0.264 e. The van der Waals surface area contributed by atoms with Gasteiger partial charge in [-0.2, -0.15) is 10.2 Å². The van der Waals surface area contributed by atoms with E-state index in [1.165, 1.54) is 23.9 Å². The minimum absolute atomic E-state index is 0.0732. The normalized spacial score (nSPS) is 11.5. The first-order valence-electron chi connectivity index (χ1n) is 9.13. The number of amides is 1. The number of alkyl halides is 2. The molecule has 31 heavy (non-hydrogen) atoms. The second kappa shape index (κ2) is 7.82. The zero-order valence-corrected chi connectivity index (χ0v) is 16.4. The molecule has 4 aromatic rings. The van der Waals surface area contributed by atoms with Crippen molar-refractivity contribution in [3.05, 3.63) is 59.6 Å². The van der Waals surface area contributed by atoms with E-state index in [-0.39, 0.29) is 33.7 Å². The molecule has 0 saturated carbocycles. The number of halogens is 4. The maximum atomic E-state index is 13.8. The predicted molar refractivity (Wildman–Crippen MR) is 104 cm³/mol. The van der Waals surface area contributed by atoms with Crippen LogP contribution in [0.3, 0.4) is 0 Å². The van der Waals surface area contributed by atoms with Crippen LogP contribution >= 0.6 is 0 Å². The van der Waals surface area contributed by atoms with Crippen molar-refractivity contribution < 1.29 is 22.4 Å². The van der Waals surface area contributed by atoms with Gasteiger partial charge in [0.25, 0.3) is 6.43 Å². The molecule has 0 aliphatic heterocycles. The summed E-state index contributed by atoms with van der Waals surface area (Å²) in [6.45, 7) is 1.09. The lowest BCUT2D eigenvalue weighted by molar-refractivity contribution is -0.116. The van der Waals surface area contributed by atoms with E-state index in [1.54, 1.807) is 13.2 Å². The number of hydrogen-bond acceptors (Lipinski definition) is 4. The Bertz CT molecular complexity index is 1300. The van der Waals surface area contributed by atoms with Crippen LogP contribution in [0.1, 0.15) is 17.7 Å². The zero-order chi connectivity index (χ0) is 22.3. The molecule has 0 aliphatic rings. The van der Waals surface area contributed by atoms with Crippen molar-refractivity contribution in [1.29, 1.82) is 0 Å². The molecule has 0 fully saturated rings. The molecule has 160 valence electrons. The molecule has 1 amide bonds. The Morgan fingerprint density at radius 3 is 2.68 bits per heavy atom. The van der Waals surface area contributed by atoms with Gasteiger partial charge in [-0.25, -0.2) is 27.2 Å². The Labute approximate surface area is 173 Å². The monoisotopic (exact) mass is 432 g/mol. The fourth-order valence-electron chi connectivity index (χ4n) is 3.29. The fourth-order valence-corrected chi connectivity index (χ4v) is 3.29. The van der Waals surface area contributed by atoms with Crippen molar-refractivity contribution >= 4 is 22.6 Å². The third-order valence-corrected chi connectivity index (χ3v) is 4.64. The molecule has 0 atom stereocenters. The van der Waals surface area contributed by atoms with Gasteiger partial charge in [0.05, 0.1) is 28.7 Å². The van der Waals surface area contributed by atoms with Gasteiger partial charge in [-0.3, -0.25) is 9.48 Å². The molecule has 7 nitrogen and oxygen atoms in total. The second-order valence-electron chi connectivity index (χ2n) is 6.91. The van der Waals surface area contributed by atoms with Crippen molar-refractivity contribution in [2.24, 2.45) is 7.05 Å². The molecule has 11 heteroatoms. The average Bonchev–Trinajstić information content (AvgIpc) is 3.27. The summed E-state index contributed by atoms with van der Waals surface area (Å²) in [5.41, 5.74) is 0.487. The van der Waals surface area contributed by atoms with E-state index >= 15 is 0 Å². The number of hydrogen-bond donors (Lipinski definition) is 1. The van der Waals surface area contributed by atoms with E-state index in [0.29, 0.717) is 5.56 Å². The van der Waals surface area contributed by atoms with Crippen molar-refractivity contribution in [3.8, 4) is 11.3 Å². The summed E-state index contributed by atoms with van der Waals surface area (Å²) in [4.78, 5) is 16.8. The Morgan fingerprint density at radius 1 is 1.23 bits per heavy atom. The Balaban J connectivity index is 1.74. The third kappa shape index (κ3) is 3.98. The summed E-state index contributed by atoms with van der Waals surface area (Å²) in [5, 5.41) is 10.6. The quantitative estimate of drug-likeness (QED) is 0.484. The van der Waals surface area contributed by atoms with Crippen molar-refractivity contribution in [2.45, 2.75) is 19.9 Å². The summed E-state index contributed by atoms with van der Waals surface area (Å²) in [6.07, 6.45) is 0.305. The number of nitrogens with one attached hydrogen (secondary N) is 1. The van der Waals surface area contributed by atoms with Gasteiger partial charge in [0.15, 0.2) is 5.65 Å². The third-order valence-electron chi connectivity index (χ3n) is 4.64. The summed E-state index contributed by atoms with van der Waals surface area (Å²) < 4.78 is 57.4. The molecule has 4 rings (SSSR count). The number of aromatic nitrogens is 5. The van der Waals surface area contributed by atoms with E-state index < -0.39 is 30.5 Å². The van der Waals surface area contributed by atoms with Crippen LogP contribution in [0.15, 0.2) is 36.7 Å². The van der Waals surface area contributed by atoms with Crippen LogP contribution in [0.4, 0.5) is 23.2 Å². The standard InChI is InChI=1S/C20H16F4N6O/c1-10-18-13(19(23)24)6-15(11-7-25-29(2)8-11)27-20(18)30(28-10)9-17(31)26-16-5-12(21)3-4-14(16)22/h3-8,19H,9H2,1-2H3,(H,26,31). The van der Waals surface area contributed by atoms with Gasteiger partial charge in [0.1, 0.15) is 18.2 Å². The highest BCUT2D eigenvalue weighted by Crippen LogP contribution is 2.33. The highest BCUT2D eigenvalue weighted by molar-refractivity contribution is 5.92. The van der Waals surface area contributed by atoms with E-state index in [0.717, 1.165) is 22.9 Å². The molecule has 0 aliphatic carbocycles. The largest absolute Gasteiger partial charge is 0.322 e. The minimum atomic E-state index is -2.80. The number of anilines is 1. The number of fused-ring (bicyclic) bond motifs is 1. The molecule has 1 aromatic carbocycles. The predicted octanol–water partition coefficient (Wildman–Crippen LogP) is 3.99. The molecular weight excluding hydrogens is 416 g/mol. The lowest BCUT2D eigenvalue weighted by Gasteiger charge is -2.09. The van der Waals surface area contributed by atoms with Gasteiger partial charge in [0, 0.05) is 30.4 Å². The number of rotatable bonds is 5. The summed E-state index contributed by atoms with van der Waals surface area (Å²) >= 11 is 0. The van der Waals surface area contributed by atoms with Gasteiger partial charge in [-0.15, -0.1) is 0 Å². The Hall–Kier alpha value is -3.76. The summed E-state index contributed by atoms with van der Waals surface area (Å²) in [6, 6.07) is 3.92. The lowest BCUT2D eigenvalue weighted by atomic mass is 10.1. The smallest absolute Gasteiger partial charge is 0.264 e.